The molecule has 1 unspecified atom stereocenters. The van der Waals surface area contributed by atoms with Gasteiger partial charge in [0, 0.05) is 30.6 Å². The Hall–Kier alpha value is -2.34. The third-order valence-corrected chi connectivity index (χ3v) is 5.05. The summed E-state index contributed by atoms with van der Waals surface area (Å²) in [4.78, 5) is 26.2. The first kappa shape index (κ1) is 18.5. The van der Waals surface area contributed by atoms with Crippen molar-refractivity contribution in [2.75, 3.05) is 20.1 Å². The Morgan fingerprint density at radius 2 is 2.08 bits per heavy atom. The lowest BCUT2D eigenvalue weighted by atomic mass is 10.0. The molecule has 26 heavy (non-hydrogen) atoms. The van der Waals surface area contributed by atoms with Crippen LogP contribution in [0.1, 0.15) is 32.3 Å². The zero-order valence-electron chi connectivity index (χ0n) is 15.6. The van der Waals surface area contributed by atoms with Crippen molar-refractivity contribution in [2.45, 2.75) is 45.3 Å². The molecule has 0 aliphatic carbocycles. The summed E-state index contributed by atoms with van der Waals surface area (Å²) in [6.45, 7) is 5.61. The van der Waals surface area contributed by atoms with E-state index in [9.17, 15) is 9.59 Å². The van der Waals surface area contributed by atoms with Crippen LogP contribution in [-0.2, 0) is 11.2 Å². The molecule has 1 N–H and O–H groups in total. The van der Waals surface area contributed by atoms with Crippen LogP contribution in [0.4, 0.5) is 0 Å². The molecule has 2 heterocycles. The summed E-state index contributed by atoms with van der Waals surface area (Å²) in [7, 11) is 1.84. The first-order chi connectivity index (χ1) is 12.5. The molecule has 1 saturated heterocycles. The Kier molecular flexibility index (Phi) is 5.61. The molecule has 1 aromatic heterocycles. The fourth-order valence-electron chi connectivity index (χ4n) is 3.49. The Morgan fingerprint density at radius 1 is 1.35 bits per heavy atom. The predicted molar refractivity (Wildman–Crippen MR) is 101 cm³/mol. The maximum Gasteiger partial charge on any atom is 0.336 e. The molecular formula is C20H26N2O4. The normalized spacial score (nSPS) is 16.4. The Labute approximate surface area is 153 Å². The number of hydrogen-bond donors (Lipinski definition) is 1. The van der Waals surface area contributed by atoms with E-state index in [1.807, 2.05) is 26.1 Å². The van der Waals surface area contributed by atoms with E-state index in [1.54, 1.807) is 17.9 Å². The number of nitrogens with one attached hydrogen (secondary N) is 1. The van der Waals surface area contributed by atoms with E-state index >= 15 is 0 Å². The van der Waals surface area contributed by atoms with Gasteiger partial charge in [-0.15, -0.1) is 0 Å². The number of carbonyl (C=O) groups excluding carboxylic acids is 1. The number of fused-ring (bicyclic) bond motifs is 1. The van der Waals surface area contributed by atoms with Crippen LogP contribution in [0, 0.1) is 0 Å². The second kappa shape index (κ2) is 7.91. The summed E-state index contributed by atoms with van der Waals surface area (Å²) in [6, 6.07) is 7.14. The number of benzene rings is 1. The Balaban J connectivity index is 1.75. The molecule has 1 aromatic carbocycles. The topological polar surface area (TPSA) is 71.8 Å². The highest BCUT2D eigenvalue weighted by atomic mass is 16.5. The average Bonchev–Trinajstić information content (AvgIpc) is 2.66. The molecule has 6 heteroatoms. The van der Waals surface area contributed by atoms with E-state index in [0.717, 1.165) is 43.3 Å². The summed E-state index contributed by atoms with van der Waals surface area (Å²) in [5.41, 5.74) is 1.05. The van der Waals surface area contributed by atoms with Crippen molar-refractivity contribution in [3.63, 3.8) is 0 Å². The number of piperidine rings is 1. The Bertz CT molecular complexity index is 839. The van der Waals surface area contributed by atoms with E-state index in [4.69, 9.17) is 9.15 Å². The number of rotatable bonds is 5. The smallest absolute Gasteiger partial charge is 0.336 e. The van der Waals surface area contributed by atoms with Gasteiger partial charge in [0.05, 0.1) is 0 Å². The van der Waals surface area contributed by atoms with Gasteiger partial charge in [-0.1, -0.05) is 6.92 Å². The molecular weight excluding hydrogens is 332 g/mol. The minimum atomic E-state index is -0.603. The maximum atomic E-state index is 12.7. The molecule has 6 nitrogen and oxygen atoms in total. The first-order valence-corrected chi connectivity index (χ1v) is 9.20. The third kappa shape index (κ3) is 3.90. The molecule has 3 rings (SSSR count). The number of ether oxygens (including phenoxy) is 1. The molecule has 1 aliphatic rings. The van der Waals surface area contributed by atoms with Crippen molar-refractivity contribution >= 4 is 16.9 Å². The lowest BCUT2D eigenvalue weighted by molar-refractivity contribution is -0.139. The van der Waals surface area contributed by atoms with Gasteiger partial charge in [-0.05, 0) is 57.0 Å². The molecule has 0 saturated carbocycles. The van der Waals surface area contributed by atoms with E-state index in [0.29, 0.717) is 11.3 Å². The van der Waals surface area contributed by atoms with Crippen molar-refractivity contribution in [1.29, 1.82) is 0 Å². The van der Waals surface area contributed by atoms with E-state index in [-0.39, 0.29) is 17.6 Å². The molecule has 0 spiro atoms. The van der Waals surface area contributed by atoms with Crippen LogP contribution in [0.5, 0.6) is 5.75 Å². The zero-order chi connectivity index (χ0) is 18.7. The van der Waals surface area contributed by atoms with Gasteiger partial charge in [0.25, 0.3) is 5.91 Å². The van der Waals surface area contributed by atoms with Gasteiger partial charge in [-0.2, -0.15) is 0 Å². The highest BCUT2D eigenvalue weighted by Crippen LogP contribution is 2.24. The van der Waals surface area contributed by atoms with Gasteiger partial charge < -0.3 is 19.4 Å². The third-order valence-electron chi connectivity index (χ3n) is 5.05. The van der Waals surface area contributed by atoms with Crippen LogP contribution in [0.25, 0.3) is 11.0 Å². The van der Waals surface area contributed by atoms with Crippen LogP contribution in [0.3, 0.4) is 0 Å². The SMILES string of the molecule is CCc1cc(=O)oc2cc(OC(C)C(=O)N(C)C3CCNCC3)ccc12. The number of nitrogens with zero attached hydrogens (tertiary/aromatic N) is 1. The quantitative estimate of drug-likeness (QED) is 0.831. The van der Waals surface area contributed by atoms with Crippen LogP contribution in [-0.4, -0.2) is 43.1 Å². The van der Waals surface area contributed by atoms with Crippen LogP contribution in [0.15, 0.2) is 33.5 Å². The highest BCUT2D eigenvalue weighted by Gasteiger charge is 2.26. The number of aryl methyl sites for hydroxylation is 1. The number of carbonyl (C=O) groups is 1. The van der Waals surface area contributed by atoms with Crippen LogP contribution in [0.2, 0.25) is 0 Å². The fourth-order valence-corrected chi connectivity index (χ4v) is 3.49. The van der Waals surface area contributed by atoms with Crippen molar-refractivity contribution in [1.82, 2.24) is 10.2 Å². The zero-order valence-corrected chi connectivity index (χ0v) is 15.6. The van der Waals surface area contributed by atoms with Gasteiger partial charge in [0.15, 0.2) is 6.10 Å². The summed E-state index contributed by atoms with van der Waals surface area (Å²) < 4.78 is 11.1. The van der Waals surface area contributed by atoms with Gasteiger partial charge >= 0.3 is 5.63 Å². The average molecular weight is 358 g/mol. The van der Waals surface area contributed by atoms with Gasteiger partial charge in [-0.25, -0.2) is 4.79 Å². The number of likely N-dealkylation sites (N-methyl/N-ethyl adjacent to an activating group) is 1. The van der Waals surface area contributed by atoms with E-state index < -0.39 is 6.10 Å². The van der Waals surface area contributed by atoms with E-state index in [2.05, 4.69) is 5.32 Å². The van der Waals surface area contributed by atoms with Gasteiger partial charge in [-0.3, -0.25) is 4.79 Å². The summed E-state index contributed by atoms with van der Waals surface area (Å²) in [5, 5.41) is 4.20. The van der Waals surface area contributed by atoms with Gasteiger partial charge in [0.1, 0.15) is 11.3 Å². The fraction of sp³-hybridized carbons (Fsp3) is 0.500. The minimum absolute atomic E-state index is 0.0410. The molecule has 1 aliphatic heterocycles. The first-order valence-electron chi connectivity index (χ1n) is 9.20. The summed E-state index contributed by atoms with van der Waals surface area (Å²) in [5.74, 6) is 0.481. The molecule has 1 fully saturated rings. The summed E-state index contributed by atoms with van der Waals surface area (Å²) >= 11 is 0. The highest BCUT2D eigenvalue weighted by molar-refractivity contribution is 5.83. The Morgan fingerprint density at radius 3 is 2.77 bits per heavy atom. The van der Waals surface area contributed by atoms with Crippen molar-refractivity contribution in [3.8, 4) is 5.75 Å². The summed E-state index contributed by atoms with van der Waals surface area (Å²) in [6.07, 6.45) is 2.05. The van der Waals surface area contributed by atoms with Crippen LogP contribution < -0.4 is 15.7 Å². The molecule has 1 amide bonds. The molecule has 1 atom stereocenters. The molecule has 140 valence electrons. The molecule has 2 aromatic rings. The number of amides is 1. The van der Waals surface area contributed by atoms with Crippen molar-refractivity contribution in [2.24, 2.45) is 0 Å². The largest absolute Gasteiger partial charge is 0.481 e. The monoisotopic (exact) mass is 358 g/mol. The molecule has 0 radical (unpaired) electrons. The maximum absolute atomic E-state index is 12.7. The lowest BCUT2D eigenvalue weighted by Crippen LogP contribution is -2.48. The van der Waals surface area contributed by atoms with Crippen molar-refractivity contribution < 1.29 is 13.9 Å². The van der Waals surface area contributed by atoms with Gasteiger partial charge in [0.2, 0.25) is 0 Å². The second-order valence-corrected chi connectivity index (χ2v) is 6.79. The van der Waals surface area contributed by atoms with Crippen molar-refractivity contribution in [3.05, 3.63) is 40.2 Å². The van der Waals surface area contributed by atoms with Crippen LogP contribution >= 0.6 is 0 Å². The predicted octanol–water partition coefficient (Wildman–Crippen LogP) is 2.33. The lowest BCUT2D eigenvalue weighted by Gasteiger charge is -2.33. The standard InChI is InChI=1S/C20H26N2O4/c1-4-14-11-19(23)26-18-12-16(5-6-17(14)18)25-13(2)20(24)22(3)15-7-9-21-10-8-15/h5-6,11-13,15,21H,4,7-10H2,1-3H3. The number of hydrogen-bond acceptors (Lipinski definition) is 5. The molecule has 0 bridgehead atoms. The van der Waals surface area contributed by atoms with E-state index in [1.165, 1.54) is 6.07 Å². The minimum Gasteiger partial charge on any atom is -0.481 e. The second-order valence-electron chi connectivity index (χ2n) is 6.79.